The zero-order valence-corrected chi connectivity index (χ0v) is 19.8. The molecule has 5 rings (SSSR count). The van der Waals surface area contributed by atoms with E-state index in [2.05, 4.69) is 0 Å². The third-order valence-electron chi connectivity index (χ3n) is 6.48. The van der Waals surface area contributed by atoms with Crippen LogP contribution < -0.4 is 0 Å². The van der Waals surface area contributed by atoms with Gasteiger partial charge in [0, 0.05) is 22.9 Å². The molecular weight excluding hydrogens is 460 g/mol. The van der Waals surface area contributed by atoms with Crippen molar-refractivity contribution in [1.82, 2.24) is 14.9 Å². The molecule has 9 heteroatoms. The third kappa shape index (κ3) is 3.59. The second-order valence-electron chi connectivity index (χ2n) is 9.17. The zero-order valence-electron chi connectivity index (χ0n) is 19.0. The average molecular weight is 486 g/mol. The number of aliphatic hydroxyl groups is 2. The lowest BCUT2D eigenvalue weighted by molar-refractivity contribution is -0.153. The van der Waals surface area contributed by atoms with Crippen molar-refractivity contribution in [2.45, 2.75) is 49.1 Å². The number of hydrogen-bond acceptors (Lipinski definition) is 6. The Morgan fingerprint density at radius 2 is 1.79 bits per heavy atom. The normalized spacial score (nSPS) is 24.8. The highest BCUT2D eigenvalue weighted by atomic mass is 32.2. The van der Waals surface area contributed by atoms with Crippen molar-refractivity contribution >= 4 is 17.7 Å². The molecular formula is C25H25F2N3O3S. The molecule has 0 saturated carbocycles. The Bertz CT molecular complexity index is 1190. The molecule has 2 aromatic carbocycles. The summed E-state index contributed by atoms with van der Waals surface area (Å²) in [7, 11) is 0. The minimum absolute atomic E-state index is 0.0831. The summed E-state index contributed by atoms with van der Waals surface area (Å²) in [5, 5.41) is 24.8. The standard InChI is InChI=1S/C25H25F2N3O3S/c1-14(2)28-13-30(29-9-8-25(3,33)23(31)22(29)24(28)32)21-18-10-16(26)5-4-15(18)12-34-20-7-6-17(27)11-19(20)21/h4-11,14,21,31,33H,12-13H2,1-3H3. The fraction of sp³-hybridized carbons (Fsp3) is 0.320. The Kier molecular flexibility index (Phi) is 5.46. The number of thioether (sulfide) groups is 1. The summed E-state index contributed by atoms with van der Waals surface area (Å²) in [4.78, 5) is 15.8. The van der Waals surface area contributed by atoms with E-state index in [1.807, 2.05) is 13.8 Å². The number of fused-ring (bicyclic) bond motifs is 3. The van der Waals surface area contributed by atoms with Crippen LogP contribution in [0.4, 0.5) is 8.78 Å². The Balaban J connectivity index is 1.76. The molecule has 2 unspecified atom stereocenters. The summed E-state index contributed by atoms with van der Waals surface area (Å²) in [6, 6.07) is 8.25. The van der Waals surface area contributed by atoms with Crippen LogP contribution in [-0.2, 0) is 10.5 Å². The largest absolute Gasteiger partial charge is 0.507 e. The lowest BCUT2D eigenvalue weighted by Gasteiger charge is -2.50. The average Bonchev–Trinajstić information content (AvgIpc) is 2.92. The van der Waals surface area contributed by atoms with Crippen molar-refractivity contribution < 1.29 is 23.8 Å². The molecule has 178 valence electrons. The van der Waals surface area contributed by atoms with E-state index in [0.29, 0.717) is 16.9 Å². The van der Waals surface area contributed by atoms with E-state index >= 15 is 0 Å². The van der Waals surface area contributed by atoms with Crippen LogP contribution in [0.1, 0.15) is 43.5 Å². The number of benzene rings is 2. The molecule has 0 spiro atoms. The van der Waals surface area contributed by atoms with Crippen molar-refractivity contribution in [3.63, 3.8) is 0 Å². The molecule has 3 aliphatic rings. The SMILES string of the molecule is CC(C)N1CN(C2c3cc(F)ccc3CSc3ccc(F)cc32)N2C=CC(C)(O)C(O)=C2C1=O. The van der Waals surface area contributed by atoms with Gasteiger partial charge >= 0.3 is 0 Å². The fourth-order valence-electron chi connectivity index (χ4n) is 4.62. The van der Waals surface area contributed by atoms with Gasteiger partial charge in [-0.25, -0.2) is 8.78 Å². The van der Waals surface area contributed by atoms with Crippen LogP contribution in [0.15, 0.2) is 65.0 Å². The number of hydrogen-bond donors (Lipinski definition) is 2. The Labute approximate surface area is 200 Å². The first kappa shape index (κ1) is 22.9. The van der Waals surface area contributed by atoms with Gasteiger partial charge in [-0.1, -0.05) is 6.07 Å². The Hall–Kier alpha value is -2.88. The maximum atomic E-state index is 14.5. The highest BCUT2D eigenvalue weighted by Gasteiger charge is 2.47. The molecule has 1 amide bonds. The maximum Gasteiger partial charge on any atom is 0.276 e. The van der Waals surface area contributed by atoms with Gasteiger partial charge in [-0.3, -0.25) is 9.80 Å². The van der Waals surface area contributed by atoms with Gasteiger partial charge in [0.2, 0.25) is 0 Å². The highest BCUT2D eigenvalue weighted by Crippen LogP contribution is 2.46. The molecule has 34 heavy (non-hydrogen) atoms. The minimum atomic E-state index is -1.72. The van der Waals surface area contributed by atoms with Crippen molar-refractivity contribution in [3.05, 3.63) is 88.5 Å². The quantitative estimate of drug-likeness (QED) is 0.656. The van der Waals surface area contributed by atoms with Gasteiger partial charge in [0.15, 0.2) is 11.5 Å². The summed E-state index contributed by atoms with van der Waals surface area (Å²) < 4.78 is 29.0. The molecule has 1 fully saturated rings. The number of aliphatic hydroxyl groups excluding tert-OH is 1. The van der Waals surface area contributed by atoms with E-state index in [1.165, 1.54) is 60.2 Å². The number of hydrazine groups is 1. The molecule has 3 heterocycles. The third-order valence-corrected chi connectivity index (χ3v) is 7.62. The van der Waals surface area contributed by atoms with E-state index < -0.39 is 34.9 Å². The summed E-state index contributed by atoms with van der Waals surface area (Å²) >= 11 is 1.54. The van der Waals surface area contributed by atoms with E-state index in [4.69, 9.17) is 0 Å². The fourth-order valence-corrected chi connectivity index (χ4v) is 5.69. The number of carbonyl (C=O) groups is 1. The molecule has 2 N–H and O–H groups in total. The van der Waals surface area contributed by atoms with Crippen molar-refractivity contribution in [3.8, 4) is 0 Å². The van der Waals surface area contributed by atoms with Crippen LogP contribution in [0.5, 0.6) is 0 Å². The number of halogens is 2. The smallest absolute Gasteiger partial charge is 0.276 e. The van der Waals surface area contributed by atoms with Crippen LogP contribution in [0.2, 0.25) is 0 Å². The number of rotatable bonds is 2. The summed E-state index contributed by atoms with van der Waals surface area (Å²) in [5.41, 5.74) is 0.376. The van der Waals surface area contributed by atoms with Crippen LogP contribution in [0.3, 0.4) is 0 Å². The first-order valence-corrected chi connectivity index (χ1v) is 12.0. The molecule has 6 nitrogen and oxygen atoms in total. The van der Waals surface area contributed by atoms with Gasteiger partial charge in [0.25, 0.3) is 5.91 Å². The van der Waals surface area contributed by atoms with Crippen LogP contribution in [-0.4, -0.2) is 49.3 Å². The van der Waals surface area contributed by atoms with Crippen LogP contribution in [0, 0.1) is 11.6 Å². The van der Waals surface area contributed by atoms with Gasteiger partial charge in [-0.05, 0) is 73.9 Å². The van der Waals surface area contributed by atoms with Crippen molar-refractivity contribution in [2.75, 3.05) is 6.67 Å². The number of amides is 1. The second kappa shape index (κ2) is 8.11. The molecule has 0 aliphatic carbocycles. The summed E-state index contributed by atoms with van der Waals surface area (Å²) in [6.07, 6.45) is 2.92. The monoisotopic (exact) mass is 485 g/mol. The first-order valence-electron chi connectivity index (χ1n) is 11.0. The van der Waals surface area contributed by atoms with Gasteiger partial charge in [0.1, 0.15) is 17.2 Å². The lowest BCUT2D eigenvalue weighted by atomic mass is 9.93. The molecule has 0 aromatic heterocycles. The molecule has 2 atom stereocenters. The Morgan fingerprint density at radius 3 is 2.50 bits per heavy atom. The number of carbonyl (C=O) groups excluding carboxylic acids is 1. The van der Waals surface area contributed by atoms with Gasteiger partial charge in [-0.2, -0.15) is 5.01 Å². The molecule has 2 aromatic rings. The van der Waals surface area contributed by atoms with Crippen LogP contribution >= 0.6 is 11.8 Å². The number of nitrogens with zero attached hydrogens (tertiary/aromatic N) is 3. The van der Waals surface area contributed by atoms with E-state index in [1.54, 1.807) is 22.0 Å². The van der Waals surface area contributed by atoms with Gasteiger partial charge in [-0.15, -0.1) is 11.8 Å². The zero-order chi connectivity index (χ0) is 24.4. The highest BCUT2D eigenvalue weighted by molar-refractivity contribution is 7.98. The summed E-state index contributed by atoms with van der Waals surface area (Å²) in [5.74, 6) is -1.18. The molecule has 1 saturated heterocycles. The van der Waals surface area contributed by atoms with Crippen molar-refractivity contribution in [2.24, 2.45) is 0 Å². The lowest BCUT2D eigenvalue weighted by Crippen LogP contribution is -2.60. The predicted molar refractivity (Wildman–Crippen MR) is 124 cm³/mol. The van der Waals surface area contributed by atoms with E-state index in [9.17, 15) is 23.8 Å². The Morgan fingerprint density at radius 1 is 1.12 bits per heavy atom. The second-order valence-corrected chi connectivity index (χ2v) is 10.2. The van der Waals surface area contributed by atoms with Crippen LogP contribution in [0.25, 0.3) is 0 Å². The van der Waals surface area contributed by atoms with Gasteiger partial charge in [0.05, 0.1) is 12.7 Å². The topological polar surface area (TPSA) is 67.2 Å². The first-order chi connectivity index (χ1) is 16.1. The van der Waals surface area contributed by atoms with Crippen molar-refractivity contribution in [1.29, 1.82) is 0 Å². The minimum Gasteiger partial charge on any atom is -0.507 e. The van der Waals surface area contributed by atoms with E-state index in [-0.39, 0.29) is 18.4 Å². The summed E-state index contributed by atoms with van der Waals surface area (Å²) in [6.45, 7) is 5.21. The van der Waals surface area contributed by atoms with E-state index in [0.717, 1.165) is 10.5 Å². The molecule has 3 aliphatic heterocycles. The predicted octanol–water partition coefficient (Wildman–Crippen LogP) is 4.43. The molecule has 0 bridgehead atoms. The molecule has 0 radical (unpaired) electrons. The maximum absolute atomic E-state index is 14.5. The van der Waals surface area contributed by atoms with Gasteiger partial charge < -0.3 is 15.1 Å².